The Bertz CT molecular complexity index is 1420. The van der Waals surface area contributed by atoms with E-state index in [0.29, 0.717) is 42.2 Å². The van der Waals surface area contributed by atoms with E-state index in [9.17, 15) is 19.7 Å². The van der Waals surface area contributed by atoms with Gasteiger partial charge in [-0.25, -0.2) is 4.98 Å². The molecule has 0 aliphatic heterocycles. The smallest absolute Gasteiger partial charge is 0.270 e. The van der Waals surface area contributed by atoms with E-state index < -0.39 is 16.7 Å². The zero-order chi connectivity index (χ0) is 26.2. The number of aryl methyl sites for hydroxylation is 2. The third-order valence-corrected chi connectivity index (χ3v) is 5.50. The zero-order valence-electron chi connectivity index (χ0n) is 20.1. The number of aromatic nitrogens is 2. The third kappa shape index (κ3) is 6.79. The molecule has 0 bridgehead atoms. The summed E-state index contributed by atoms with van der Waals surface area (Å²) in [7, 11) is 0. The van der Waals surface area contributed by atoms with Crippen molar-refractivity contribution in [2.24, 2.45) is 0 Å². The summed E-state index contributed by atoms with van der Waals surface area (Å²) in [5, 5.41) is 16.6. The van der Waals surface area contributed by atoms with Crippen molar-refractivity contribution in [3.8, 4) is 11.3 Å². The Morgan fingerprint density at radius 3 is 2.68 bits per heavy atom. The molecule has 0 aliphatic carbocycles. The number of benzene rings is 2. The fourth-order valence-electron chi connectivity index (χ4n) is 3.54. The lowest BCUT2D eigenvalue weighted by Gasteiger charge is -2.11. The second-order valence-electron chi connectivity index (χ2n) is 8.30. The minimum Gasteiger partial charge on any atom is -0.457 e. The number of carbonyl (C=O) groups is 2. The molecule has 2 heterocycles. The lowest BCUT2D eigenvalue weighted by Crippen LogP contribution is -2.35. The minimum atomic E-state index is -0.483. The molecule has 0 fully saturated rings. The highest BCUT2D eigenvalue weighted by molar-refractivity contribution is 6.05. The van der Waals surface area contributed by atoms with Gasteiger partial charge in [0.25, 0.3) is 17.5 Å². The summed E-state index contributed by atoms with van der Waals surface area (Å²) in [6, 6.07) is 16.3. The highest BCUT2D eigenvalue weighted by Crippen LogP contribution is 2.26. The van der Waals surface area contributed by atoms with E-state index in [-0.39, 0.29) is 11.4 Å². The molecular formula is C27H25N5O5. The lowest BCUT2D eigenvalue weighted by atomic mass is 10.1. The van der Waals surface area contributed by atoms with Crippen molar-refractivity contribution in [2.45, 2.75) is 19.9 Å². The van der Waals surface area contributed by atoms with E-state index in [0.717, 1.165) is 5.56 Å². The number of rotatable bonds is 10. The van der Waals surface area contributed by atoms with E-state index in [1.807, 2.05) is 29.8 Å². The molecule has 0 atom stereocenters. The first-order valence-corrected chi connectivity index (χ1v) is 11.6. The van der Waals surface area contributed by atoms with Gasteiger partial charge >= 0.3 is 0 Å². The van der Waals surface area contributed by atoms with Crippen molar-refractivity contribution >= 4 is 23.6 Å². The first-order chi connectivity index (χ1) is 17.9. The summed E-state index contributed by atoms with van der Waals surface area (Å²) in [5.41, 5.74) is 1.87. The Morgan fingerprint density at radius 2 is 1.95 bits per heavy atom. The van der Waals surface area contributed by atoms with Crippen LogP contribution in [0.1, 0.15) is 28.1 Å². The molecular weight excluding hydrogens is 474 g/mol. The topological polar surface area (TPSA) is 132 Å². The van der Waals surface area contributed by atoms with Crippen LogP contribution in [0.3, 0.4) is 0 Å². The summed E-state index contributed by atoms with van der Waals surface area (Å²) in [5.74, 6) is -0.223. The van der Waals surface area contributed by atoms with Gasteiger partial charge < -0.3 is 19.6 Å². The van der Waals surface area contributed by atoms with E-state index in [1.165, 1.54) is 18.2 Å². The quantitative estimate of drug-likeness (QED) is 0.144. The van der Waals surface area contributed by atoms with Crippen LogP contribution in [0.15, 0.2) is 89.5 Å². The molecule has 2 amide bonds. The Morgan fingerprint density at radius 1 is 1.14 bits per heavy atom. The van der Waals surface area contributed by atoms with Crippen molar-refractivity contribution in [1.29, 1.82) is 0 Å². The molecule has 10 heteroatoms. The third-order valence-electron chi connectivity index (χ3n) is 5.50. The number of amides is 2. The normalized spacial score (nSPS) is 11.2. The van der Waals surface area contributed by atoms with Crippen LogP contribution in [0.2, 0.25) is 0 Å². The number of nitrogens with zero attached hydrogens (tertiary/aromatic N) is 3. The highest BCUT2D eigenvalue weighted by atomic mass is 16.6. The van der Waals surface area contributed by atoms with Crippen LogP contribution in [0.25, 0.3) is 17.4 Å². The minimum absolute atomic E-state index is 0.00754. The predicted octanol–water partition coefficient (Wildman–Crippen LogP) is 4.34. The number of furan rings is 1. The molecule has 4 rings (SSSR count). The Balaban J connectivity index is 1.52. The highest BCUT2D eigenvalue weighted by Gasteiger charge is 2.16. The van der Waals surface area contributed by atoms with Crippen molar-refractivity contribution in [1.82, 2.24) is 20.2 Å². The monoisotopic (exact) mass is 499 g/mol. The SMILES string of the molecule is Cc1ccc(C(=O)N/C(=C\c2ccc(-c3cccc([N+](=O)[O-])c3)o2)C(=O)NCCCn2ccnc2)cc1. The van der Waals surface area contributed by atoms with Gasteiger partial charge in [-0.2, -0.15) is 0 Å². The van der Waals surface area contributed by atoms with Crippen LogP contribution in [0.5, 0.6) is 0 Å². The molecule has 2 aromatic carbocycles. The largest absolute Gasteiger partial charge is 0.457 e. The summed E-state index contributed by atoms with van der Waals surface area (Å²) in [4.78, 5) is 40.4. The summed E-state index contributed by atoms with van der Waals surface area (Å²) < 4.78 is 7.73. The fourth-order valence-corrected chi connectivity index (χ4v) is 3.54. The fraction of sp³-hybridized carbons (Fsp3) is 0.148. The van der Waals surface area contributed by atoms with Crippen LogP contribution in [0.4, 0.5) is 5.69 Å². The summed E-state index contributed by atoms with van der Waals surface area (Å²) in [6.07, 6.45) is 7.32. The molecule has 10 nitrogen and oxygen atoms in total. The van der Waals surface area contributed by atoms with Gasteiger partial charge in [0.05, 0.1) is 11.3 Å². The van der Waals surface area contributed by atoms with Crippen LogP contribution >= 0.6 is 0 Å². The number of carbonyl (C=O) groups excluding carboxylic acids is 2. The van der Waals surface area contributed by atoms with Gasteiger partial charge in [-0.15, -0.1) is 0 Å². The van der Waals surface area contributed by atoms with Gasteiger partial charge in [0.15, 0.2) is 0 Å². The standard InChI is InChI=1S/C27H25N5O5/c1-19-6-8-20(9-7-19)26(33)30-24(27(34)29-12-3-14-31-15-13-28-18-31)17-23-10-11-25(37-23)21-4-2-5-22(16-21)32(35)36/h2,4-11,13,15-18H,3,12,14H2,1H3,(H,29,34)(H,30,33)/b24-17-. The first kappa shape index (κ1) is 25.1. The molecule has 4 aromatic rings. The van der Waals surface area contributed by atoms with Gasteiger partial charge in [0.2, 0.25) is 0 Å². The second kappa shape index (κ2) is 11.6. The molecule has 0 radical (unpaired) electrons. The van der Waals surface area contributed by atoms with Gasteiger partial charge in [0, 0.05) is 54.8 Å². The molecule has 0 aliphatic rings. The van der Waals surface area contributed by atoms with Gasteiger partial charge in [-0.3, -0.25) is 19.7 Å². The number of hydrogen-bond donors (Lipinski definition) is 2. The number of non-ortho nitro benzene ring substituents is 1. The van der Waals surface area contributed by atoms with Gasteiger partial charge in [-0.1, -0.05) is 29.8 Å². The number of nitro benzene ring substituents is 1. The number of imidazole rings is 1. The molecule has 37 heavy (non-hydrogen) atoms. The van der Waals surface area contributed by atoms with Gasteiger partial charge in [-0.05, 0) is 37.6 Å². The average molecular weight is 500 g/mol. The molecule has 2 N–H and O–H groups in total. The maximum atomic E-state index is 13.0. The maximum Gasteiger partial charge on any atom is 0.270 e. The summed E-state index contributed by atoms with van der Waals surface area (Å²) in [6.45, 7) is 2.98. The lowest BCUT2D eigenvalue weighted by molar-refractivity contribution is -0.384. The number of hydrogen-bond acceptors (Lipinski definition) is 6. The summed E-state index contributed by atoms with van der Waals surface area (Å²) >= 11 is 0. The van der Waals surface area contributed by atoms with Crippen molar-refractivity contribution < 1.29 is 18.9 Å². The zero-order valence-corrected chi connectivity index (χ0v) is 20.1. The van der Waals surface area contributed by atoms with Crippen molar-refractivity contribution in [2.75, 3.05) is 6.54 Å². The molecule has 188 valence electrons. The molecule has 2 aromatic heterocycles. The number of nitrogens with one attached hydrogen (secondary N) is 2. The Kier molecular flexibility index (Phi) is 7.89. The van der Waals surface area contributed by atoms with Gasteiger partial charge in [0.1, 0.15) is 17.2 Å². The molecule has 0 saturated heterocycles. The van der Waals surface area contributed by atoms with Crippen LogP contribution in [-0.4, -0.2) is 32.8 Å². The molecule has 0 spiro atoms. The predicted molar refractivity (Wildman–Crippen MR) is 137 cm³/mol. The first-order valence-electron chi connectivity index (χ1n) is 11.6. The van der Waals surface area contributed by atoms with E-state index in [4.69, 9.17) is 4.42 Å². The van der Waals surface area contributed by atoms with E-state index in [2.05, 4.69) is 15.6 Å². The van der Waals surface area contributed by atoms with Crippen LogP contribution < -0.4 is 10.6 Å². The van der Waals surface area contributed by atoms with Crippen LogP contribution in [-0.2, 0) is 11.3 Å². The second-order valence-corrected chi connectivity index (χ2v) is 8.30. The van der Waals surface area contributed by atoms with E-state index >= 15 is 0 Å². The Labute approximate surface area is 212 Å². The Hall–Kier alpha value is -4.99. The maximum absolute atomic E-state index is 13.0. The average Bonchev–Trinajstić information content (AvgIpc) is 3.59. The molecule has 0 saturated carbocycles. The molecule has 0 unspecified atom stereocenters. The van der Waals surface area contributed by atoms with Crippen molar-refractivity contribution in [3.05, 3.63) is 112 Å². The van der Waals surface area contributed by atoms with E-state index in [1.54, 1.807) is 48.9 Å². The van der Waals surface area contributed by atoms with Crippen LogP contribution in [0, 0.1) is 17.0 Å². The number of nitro groups is 1. The van der Waals surface area contributed by atoms with Crippen molar-refractivity contribution in [3.63, 3.8) is 0 Å².